The molecule has 0 saturated carbocycles. The number of amides is 1. The molecule has 1 heterocycles. The summed E-state index contributed by atoms with van der Waals surface area (Å²) >= 11 is 0. The van der Waals surface area contributed by atoms with Gasteiger partial charge in [-0.05, 0) is 59.7 Å². The van der Waals surface area contributed by atoms with Gasteiger partial charge in [0.05, 0.1) is 12.1 Å². The number of nitrogens with one attached hydrogen (secondary N) is 1. The molecule has 1 fully saturated rings. The van der Waals surface area contributed by atoms with Crippen LogP contribution in [0.5, 0.6) is 0 Å². The van der Waals surface area contributed by atoms with Crippen molar-refractivity contribution < 1.29 is 23.4 Å². The van der Waals surface area contributed by atoms with Crippen LogP contribution in [0, 0.1) is 0 Å². The van der Waals surface area contributed by atoms with Gasteiger partial charge in [0, 0.05) is 0 Å². The van der Waals surface area contributed by atoms with E-state index in [-0.39, 0.29) is 23.2 Å². The summed E-state index contributed by atoms with van der Waals surface area (Å²) in [5.74, 6) is -0.794. The Labute approximate surface area is 241 Å². The summed E-state index contributed by atoms with van der Waals surface area (Å²) in [6.07, 6.45) is 0.427. The normalized spacial score (nSPS) is 24.7. The van der Waals surface area contributed by atoms with Crippen molar-refractivity contribution in [2.24, 2.45) is 0 Å². The summed E-state index contributed by atoms with van der Waals surface area (Å²) in [6.45, 7) is 21.8. The highest BCUT2D eigenvalue weighted by atomic mass is 28.4. The number of rotatable bonds is 6. The maximum absolute atomic E-state index is 13.1. The third-order valence-corrected chi connectivity index (χ3v) is 12.8. The molecule has 0 unspecified atom stereocenters. The second-order valence-corrected chi connectivity index (χ2v) is 18.8. The molecule has 4 rings (SSSR count). The molecule has 1 amide bonds. The lowest BCUT2D eigenvalue weighted by molar-refractivity contribution is -0.152. The van der Waals surface area contributed by atoms with Crippen LogP contribution in [0.25, 0.3) is 5.57 Å². The van der Waals surface area contributed by atoms with Gasteiger partial charge in [0.2, 0.25) is 0 Å². The van der Waals surface area contributed by atoms with Crippen molar-refractivity contribution in [3.63, 3.8) is 0 Å². The monoisotopic (exact) mass is 565 g/mol. The molecule has 4 atom stereocenters. The minimum Gasteiger partial charge on any atom is -0.445 e. The van der Waals surface area contributed by atoms with Gasteiger partial charge in [0.15, 0.2) is 14.1 Å². The minimum atomic E-state index is -2.25. The molecule has 7 heteroatoms. The molecule has 2 aromatic carbocycles. The Morgan fingerprint density at radius 1 is 0.950 bits per heavy atom. The number of fused-ring (bicyclic) bond motifs is 1. The van der Waals surface area contributed by atoms with Crippen LogP contribution in [-0.4, -0.2) is 44.6 Å². The van der Waals surface area contributed by atoms with Crippen LogP contribution in [0.15, 0.2) is 60.7 Å². The third kappa shape index (κ3) is 6.88. The van der Waals surface area contributed by atoms with E-state index in [1.807, 2.05) is 44.2 Å². The maximum atomic E-state index is 13.1. The number of hydrogen-bond donors (Lipinski definition) is 1. The molecule has 0 aromatic heterocycles. The Hall–Kier alpha value is -2.45. The fourth-order valence-electron chi connectivity index (χ4n) is 4.96. The van der Waals surface area contributed by atoms with Gasteiger partial charge in [0.25, 0.3) is 0 Å². The number of hydrogen-bond acceptors (Lipinski definition) is 5. The van der Waals surface area contributed by atoms with E-state index in [0.717, 1.165) is 16.7 Å². The molecule has 1 aliphatic heterocycles. The summed E-state index contributed by atoms with van der Waals surface area (Å²) in [4.78, 5) is 13.1. The summed E-state index contributed by atoms with van der Waals surface area (Å²) < 4.78 is 25.7. The Morgan fingerprint density at radius 2 is 1.57 bits per heavy atom. The van der Waals surface area contributed by atoms with Crippen molar-refractivity contribution in [2.45, 2.75) is 116 Å². The van der Waals surface area contributed by atoms with E-state index in [0.29, 0.717) is 0 Å². The van der Waals surface area contributed by atoms with E-state index < -0.39 is 38.4 Å². The Kier molecular flexibility index (Phi) is 8.45. The van der Waals surface area contributed by atoms with Gasteiger partial charge >= 0.3 is 6.09 Å². The van der Waals surface area contributed by atoms with Crippen molar-refractivity contribution in [3.8, 4) is 0 Å². The van der Waals surface area contributed by atoms with Crippen LogP contribution in [0.1, 0.15) is 72.1 Å². The summed E-state index contributed by atoms with van der Waals surface area (Å²) in [7, 11) is -2.25. The van der Waals surface area contributed by atoms with Crippen LogP contribution in [-0.2, 0) is 30.7 Å². The van der Waals surface area contributed by atoms with E-state index >= 15 is 0 Å². The standard InChI is InChI=1S/C33H47NO5Si/c1-31(2,3)24-18-16-23(17-19-24)25-20-26(34-30(35)36-21-22-14-12-11-13-15-22)28(39-40(9,10)32(4,5)6)29-27(25)37-33(7,8)38-29/h11-20,26-29H,21H2,1-10H3,(H,34,35)/t26-,27-,28-,29-/m1/s1. The first-order valence-corrected chi connectivity index (χ1v) is 17.2. The average molecular weight is 566 g/mol. The van der Waals surface area contributed by atoms with E-state index in [1.165, 1.54) is 5.56 Å². The first-order chi connectivity index (χ1) is 18.5. The molecule has 40 heavy (non-hydrogen) atoms. The van der Waals surface area contributed by atoms with E-state index in [9.17, 15) is 4.79 Å². The van der Waals surface area contributed by atoms with Gasteiger partial charge in [-0.2, -0.15) is 0 Å². The van der Waals surface area contributed by atoms with Crippen LogP contribution >= 0.6 is 0 Å². The van der Waals surface area contributed by atoms with Crippen LogP contribution in [0.2, 0.25) is 18.1 Å². The van der Waals surface area contributed by atoms with Gasteiger partial charge in [-0.25, -0.2) is 4.79 Å². The molecule has 0 bridgehead atoms. The van der Waals surface area contributed by atoms with Crippen molar-refractivity contribution in [1.29, 1.82) is 0 Å². The molecular formula is C33H47NO5Si. The van der Waals surface area contributed by atoms with Gasteiger partial charge in [-0.15, -0.1) is 0 Å². The largest absolute Gasteiger partial charge is 0.445 e. The Bertz CT molecular complexity index is 1210. The SMILES string of the molecule is CC1(C)O[C@H]2[C@H](O[Si](C)(C)C(C)(C)C)[C@H](NC(=O)OCc3ccccc3)C=C(c3ccc(C(C)(C)C)cc3)[C@H]2O1. The second-order valence-electron chi connectivity index (χ2n) is 14.0. The molecule has 1 aliphatic carbocycles. The summed E-state index contributed by atoms with van der Waals surface area (Å²) in [5, 5.41) is 3.09. The highest BCUT2D eigenvalue weighted by molar-refractivity contribution is 6.74. The van der Waals surface area contributed by atoms with E-state index in [2.05, 4.69) is 90.3 Å². The number of carbonyl (C=O) groups is 1. The topological polar surface area (TPSA) is 66.0 Å². The minimum absolute atomic E-state index is 0.0252. The zero-order valence-corrected chi connectivity index (χ0v) is 26.8. The van der Waals surface area contributed by atoms with Crippen LogP contribution in [0.3, 0.4) is 0 Å². The molecule has 2 aromatic rings. The van der Waals surface area contributed by atoms with Crippen molar-refractivity contribution in [3.05, 3.63) is 77.4 Å². The van der Waals surface area contributed by atoms with Crippen molar-refractivity contribution >= 4 is 20.0 Å². The zero-order chi connectivity index (χ0) is 29.5. The predicted octanol–water partition coefficient (Wildman–Crippen LogP) is 7.59. The predicted molar refractivity (Wildman–Crippen MR) is 163 cm³/mol. The number of carbonyl (C=O) groups excluding carboxylic acids is 1. The number of ether oxygens (including phenoxy) is 3. The summed E-state index contributed by atoms with van der Waals surface area (Å²) in [5.41, 5.74) is 4.26. The zero-order valence-electron chi connectivity index (χ0n) is 25.8. The molecular weight excluding hydrogens is 518 g/mol. The molecule has 6 nitrogen and oxygen atoms in total. The molecule has 2 aliphatic rings. The molecule has 0 radical (unpaired) electrons. The summed E-state index contributed by atoms with van der Waals surface area (Å²) in [6, 6.07) is 17.8. The van der Waals surface area contributed by atoms with Gasteiger partial charge < -0.3 is 24.0 Å². The van der Waals surface area contributed by atoms with E-state index in [1.54, 1.807) is 0 Å². The van der Waals surface area contributed by atoms with Gasteiger partial charge in [0.1, 0.15) is 18.8 Å². The fourth-order valence-corrected chi connectivity index (χ4v) is 6.28. The van der Waals surface area contributed by atoms with Crippen molar-refractivity contribution in [2.75, 3.05) is 0 Å². The average Bonchev–Trinajstić information content (AvgIpc) is 3.18. The Balaban J connectivity index is 1.70. The first kappa shape index (κ1) is 30.5. The third-order valence-electron chi connectivity index (χ3n) is 8.29. The number of benzene rings is 2. The molecule has 0 spiro atoms. The molecule has 218 valence electrons. The second kappa shape index (κ2) is 11.1. The lowest BCUT2D eigenvalue weighted by Gasteiger charge is -2.45. The number of alkyl carbamates (subject to hydrolysis) is 1. The quantitative estimate of drug-likeness (QED) is 0.366. The highest BCUT2D eigenvalue weighted by Gasteiger charge is 2.54. The van der Waals surface area contributed by atoms with Crippen LogP contribution < -0.4 is 5.32 Å². The lowest BCUT2D eigenvalue weighted by Crippen LogP contribution is -2.59. The van der Waals surface area contributed by atoms with Crippen LogP contribution in [0.4, 0.5) is 4.79 Å². The first-order valence-electron chi connectivity index (χ1n) is 14.3. The van der Waals surface area contributed by atoms with E-state index in [4.69, 9.17) is 18.6 Å². The highest BCUT2D eigenvalue weighted by Crippen LogP contribution is 2.45. The lowest BCUT2D eigenvalue weighted by atomic mass is 9.82. The smallest absolute Gasteiger partial charge is 0.408 e. The van der Waals surface area contributed by atoms with Gasteiger partial charge in [-0.1, -0.05) is 102 Å². The van der Waals surface area contributed by atoms with Gasteiger partial charge in [-0.3, -0.25) is 0 Å². The fraction of sp³-hybridized carbons (Fsp3) is 0.545. The Morgan fingerprint density at radius 3 is 2.15 bits per heavy atom. The molecule has 1 N–H and O–H groups in total. The van der Waals surface area contributed by atoms with Crippen molar-refractivity contribution in [1.82, 2.24) is 5.32 Å². The maximum Gasteiger partial charge on any atom is 0.408 e. The molecule has 1 saturated heterocycles.